The van der Waals surface area contributed by atoms with Gasteiger partial charge in [0.05, 0.1) is 0 Å². The average molecular weight is 212 g/mol. The predicted octanol–water partition coefficient (Wildman–Crippen LogP) is 3.23. The summed E-state index contributed by atoms with van der Waals surface area (Å²) in [5.41, 5.74) is 2.39. The molecule has 2 bridgehead atoms. The van der Waals surface area contributed by atoms with Gasteiger partial charge in [-0.05, 0) is 49.5 Å². The Hall–Kier alpha value is -1.11. The maximum absolute atomic E-state index is 12.7. The molecule has 0 atom stereocenters. The van der Waals surface area contributed by atoms with Crippen molar-refractivity contribution < 1.29 is 4.79 Å². The molecule has 2 saturated carbocycles. The van der Waals surface area contributed by atoms with Crippen molar-refractivity contribution in [3.63, 3.8) is 0 Å². The third kappa shape index (κ3) is 0.829. The van der Waals surface area contributed by atoms with E-state index in [9.17, 15) is 4.79 Å². The predicted molar refractivity (Wildman–Crippen MR) is 62.4 cm³/mol. The van der Waals surface area contributed by atoms with Crippen LogP contribution in [0.3, 0.4) is 0 Å². The van der Waals surface area contributed by atoms with E-state index in [1.807, 2.05) is 12.1 Å². The number of ketones is 1. The molecule has 3 aliphatic carbocycles. The van der Waals surface area contributed by atoms with E-state index >= 15 is 0 Å². The molecule has 1 spiro atoms. The minimum absolute atomic E-state index is 0.0453. The second-order valence-electron chi connectivity index (χ2n) is 5.75. The molecule has 2 fully saturated rings. The maximum atomic E-state index is 12.7. The Balaban J connectivity index is 1.89. The zero-order chi connectivity index (χ0) is 10.8. The summed E-state index contributed by atoms with van der Waals surface area (Å²) in [5.74, 6) is 1.86. The van der Waals surface area contributed by atoms with Crippen LogP contribution in [-0.2, 0) is 6.42 Å². The van der Waals surface area contributed by atoms with E-state index in [0.717, 1.165) is 12.0 Å². The van der Waals surface area contributed by atoms with E-state index in [-0.39, 0.29) is 5.41 Å². The number of benzene rings is 1. The van der Waals surface area contributed by atoms with Crippen LogP contribution in [0.25, 0.3) is 0 Å². The van der Waals surface area contributed by atoms with Gasteiger partial charge in [-0.3, -0.25) is 4.79 Å². The van der Waals surface area contributed by atoms with Crippen LogP contribution in [0.15, 0.2) is 24.3 Å². The van der Waals surface area contributed by atoms with Crippen LogP contribution in [0, 0.1) is 17.3 Å². The van der Waals surface area contributed by atoms with Gasteiger partial charge in [0.1, 0.15) is 0 Å². The fourth-order valence-corrected chi connectivity index (χ4v) is 4.66. The topological polar surface area (TPSA) is 17.1 Å². The van der Waals surface area contributed by atoms with Gasteiger partial charge in [-0.1, -0.05) is 24.3 Å². The van der Waals surface area contributed by atoms with Crippen molar-refractivity contribution in [2.24, 2.45) is 17.3 Å². The second kappa shape index (κ2) is 2.77. The number of hydrogen-bond donors (Lipinski definition) is 0. The van der Waals surface area contributed by atoms with E-state index in [1.165, 1.54) is 31.2 Å². The molecule has 1 aromatic carbocycles. The van der Waals surface area contributed by atoms with Gasteiger partial charge >= 0.3 is 0 Å². The minimum Gasteiger partial charge on any atom is -0.294 e. The third-order valence-electron chi connectivity index (χ3n) is 5.35. The molecule has 0 saturated heterocycles. The molecule has 0 amide bonds. The number of carbonyl (C=O) groups is 1. The first-order valence-electron chi connectivity index (χ1n) is 6.45. The van der Waals surface area contributed by atoms with E-state index in [0.29, 0.717) is 17.6 Å². The van der Waals surface area contributed by atoms with Crippen molar-refractivity contribution in [1.82, 2.24) is 0 Å². The molecule has 82 valence electrons. The fourth-order valence-electron chi connectivity index (χ4n) is 4.66. The van der Waals surface area contributed by atoms with Crippen LogP contribution in [0.5, 0.6) is 0 Å². The van der Waals surface area contributed by atoms with Gasteiger partial charge in [0.15, 0.2) is 5.78 Å². The molecule has 0 N–H and O–H groups in total. The number of Topliss-reactive ketones (excluding diaryl/α,β-unsaturated/α-hetero) is 1. The van der Waals surface area contributed by atoms with Crippen molar-refractivity contribution in [2.45, 2.75) is 32.1 Å². The molecular weight excluding hydrogens is 196 g/mol. The maximum Gasteiger partial charge on any atom is 0.170 e. The zero-order valence-electron chi connectivity index (χ0n) is 9.41. The van der Waals surface area contributed by atoms with Crippen molar-refractivity contribution in [2.75, 3.05) is 0 Å². The Kier molecular flexibility index (Phi) is 1.55. The van der Waals surface area contributed by atoms with E-state index in [2.05, 4.69) is 12.1 Å². The van der Waals surface area contributed by atoms with Gasteiger partial charge in [0, 0.05) is 11.0 Å². The summed E-state index contributed by atoms with van der Waals surface area (Å²) in [6, 6.07) is 8.26. The molecule has 1 nitrogen and oxygen atoms in total. The van der Waals surface area contributed by atoms with Gasteiger partial charge in [-0.15, -0.1) is 0 Å². The lowest BCUT2D eigenvalue weighted by molar-refractivity contribution is 0.0738. The van der Waals surface area contributed by atoms with Crippen LogP contribution in [-0.4, -0.2) is 5.78 Å². The largest absolute Gasteiger partial charge is 0.294 e. The van der Waals surface area contributed by atoms with E-state index in [4.69, 9.17) is 0 Å². The monoisotopic (exact) mass is 212 g/mol. The van der Waals surface area contributed by atoms with Crippen molar-refractivity contribution in [1.29, 1.82) is 0 Å². The summed E-state index contributed by atoms with van der Waals surface area (Å²) in [7, 11) is 0. The molecule has 16 heavy (non-hydrogen) atoms. The number of rotatable bonds is 0. The summed E-state index contributed by atoms with van der Waals surface area (Å²) in [5, 5.41) is 0. The standard InChI is InChI=1S/C15H16O/c16-14-13-4-2-1-3-10(13)9-15(14)11-5-6-12(15)8-7-11/h1-4,11-12H,5-9H2. The SMILES string of the molecule is O=C1c2ccccc2CC12C1CCC2CC1. The smallest absolute Gasteiger partial charge is 0.170 e. The third-order valence-corrected chi connectivity index (χ3v) is 5.35. The Labute approximate surface area is 95.9 Å². The van der Waals surface area contributed by atoms with Crippen LogP contribution < -0.4 is 0 Å². The summed E-state index contributed by atoms with van der Waals surface area (Å²) in [6.45, 7) is 0. The fraction of sp³-hybridized carbons (Fsp3) is 0.533. The molecule has 4 rings (SSSR count). The first-order chi connectivity index (χ1) is 7.82. The lowest BCUT2D eigenvalue weighted by Crippen LogP contribution is -2.33. The highest BCUT2D eigenvalue weighted by atomic mass is 16.1. The Morgan fingerprint density at radius 2 is 1.62 bits per heavy atom. The Morgan fingerprint density at radius 3 is 2.25 bits per heavy atom. The molecule has 0 heterocycles. The van der Waals surface area contributed by atoms with Crippen LogP contribution in [0.1, 0.15) is 41.6 Å². The molecule has 0 unspecified atom stereocenters. The molecule has 0 aromatic heterocycles. The average Bonchev–Trinajstić information content (AvgIpc) is 2.95. The van der Waals surface area contributed by atoms with Gasteiger partial charge in [-0.2, -0.15) is 0 Å². The van der Waals surface area contributed by atoms with Gasteiger partial charge in [0.2, 0.25) is 0 Å². The Morgan fingerprint density at radius 1 is 1.00 bits per heavy atom. The van der Waals surface area contributed by atoms with Gasteiger partial charge in [-0.25, -0.2) is 0 Å². The van der Waals surface area contributed by atoms with Gasteiger partial charge in [0.25, 0.3) is 0 Å². The highest BCUT2D eigenvalue weighted by Crippen LogP contribution is 2.63. The Bertz CT molecular complexity index is 454. The highest BCUT2D eigenvalue weighted by Gasteiger charge is 2.61. The summed E-state index contributed by atoms with van der Waals surface area (Å²) in [4.78, 5) is 12.7. The van der Waals surface area contributed by atoms with Gasteiger partial charge < -0.3 is 0 Å². The molecule has 3 aliphatic rings. The number of hydrogen-bond acceptors (Lipinski definition) is 1. The molecule has 0 aliphatic heterocycles. The molecule has 0 radical (unpaired) electrons. The first-order valence-corrected chi connectivity index (χ1v) is 6.45. The lowest BCUT2D eigenvalue weighted by Gasteiger charge is -2.27. The highest BCUT2D eigenvalue weighted by molar-refractivity contribution is 6.05. The number of carbonyl (C=O) groups excluding carboxylic acids is 1. The van der Waals surface area contributed by atoms with E-state index < -0.39 is 0 Å². The van der Waals surface area contributed by atoms with Crippen molar-refractivity contribution in [3.05, 3.63) is 35.4 Å². The second-order valence-corrected chi connectivity index (χ2v) is 5.75. The van der Waals surface area contributed by atoms with E-state index in [1.54, 1.807) is 0 Å². The quantitative estimate of drug-likeness (QED) is 0.645. The molecular formula is C15H16O. The minimum atomic E-state index is 0.0453. The van der Waals surface area contributed by atoms with Crippen LogP contribution >= 0.6 is 0 Å². The van der Waals surface area contributed by atoms with Crippen molar-refractivity contribution in [3.8, 4) is 0 Å². The zero-order valence-corrected chi connectivity index (χ0v) is 9.41. The van der Waals surface area contributed by atoms with Crippen LogP contribution in [0.4, 0.5) is 0 Å². The normalized spacial score (nSPS) is 39.6. The summed E-state index contributed by atoms with van der Waals surface area (Å²) >= 11 is 0. The summed E-state index contributed by atoms with van der Waals surface area (Å²) in [6.07, 6.45) is 6.22. The molecule has 1 heteroatoms. The first kappa shape index (κ1) is 8.98. The molecule has 1 aromatic rings. The van der Waals surface area contributed by atoms with Crippen LogP contribution in [0.2, 0.25) is 0 Å². The van der Waals surface area contributed by atoms with Crippen molar-refractivity contribution >= 4 is 5.78 Å². The summed E-state index contributed by atoms with van der Waals surface area (Å²) < 4.78 is 0. The lowest BCUT2D eigenvalue weighted by atomic mass is 9.74. The number of fused-ring (bicyclic) bond motifs is 1.